The van der Waals surface area contributed by atoms with Gasteiger partial charge in [-0.05, 0) is 67.0 Å². The molecule has 0 saturated carbocycles. The van der Waals surface area contributed by atoms with Crippen molar-refractivity contribution in [2.75, 3.05) is 29.9 Å². The maximum atomic E-state index is 12.8. The fourth-order valence-electron chi connectivity index (χ4n) is 4.52. The SMILES string of the molecule is CC(C)CCOc1ccccc1Nc1nc(-c2cccc(N3CCCC3)c2)cc2cc[nH]c(=O)c12. The van der Waals surface area contributed by atoms with Crippen molar-refractivity contribution in [1.29, 1.82) is 0 Å². The largest absolute Gasteiger partial charge is 0.491 e. The lowest BCUT2D eigenvalue weighted by Gasteiger charge is -2.19. The van der Waals surface area contributed by atoms with Crippen LogP contribution in [-0.2, 0) is 0 Å². The number of benzene rings is 2. The van der Waals surface area contributed by atoms with Crippen LogP contribution in [0.1, 0.15) is 33.1 Å². The van der Waals surface area contributed by atoms with Gasteiger partial charge in [0.1, 0.15) is 11.6 Å². The molecule has 0 amide bonds. The lowest BCUT2D eigenvalue weighted by atomic mass is 10.1. The van der Waals surface area contributed by atoms with Crippen LogP contribution in [0.2, 0.25) is 0 Å². The summed E-state index contributed by atoms with van der Waals surface area (Å²) in [6, 6.07) is 20.2. The Labute approximate surface area is 206 Å². The van der Waals surface area contributed by atoms with E-state index in [0.717, 1.165) is 47.6 Å². The van der Waals surface area contributed by atoms with E-state index in [1.807, 2.05) is 36.4 Å². The fourth-order valence-corrected chi connectivity index (χ4v) is 4.52. The molecule has 3 heterocycles. The summed E-state index contributed by atoms with van der Waals surface area (Å²) in [6.07, 6.45) is 5.11. The molecular weight excluding hydrogens is 436 g/mol. The molecule has 2 aromatic heterocycles. The van der Waals surface area contributed by atoms with Gasteiger partial charge in [-0.2, -0.15) is 0 Å². The van der Waals surface area contributed by atoms with Crippen molar-refractivity contribution >= 4 is 28.0 Å². The highest BCUT2D eigenvalue weighted by Crippen LogP contribution is 2.33. The number of fused-ring (bicyclic) bond motifs is 1. The standard InChI is InChI=1S/C29H32N4O2/c1-20(2)13-17-35-26-11-4-3-10-24(26)31-28-27-22(12-14-30-29(27)34)19-25(32-28)21-8-7-9-23(18-21)33-15-5-6-16-33/h3-4,7-12,14,18-20H,5-6,13,15-17H2,1-2H3,(H,30,34)(H,31,32). The Morgan fingerprint density at radius 3 is 2.71 bits per heavy atom. The van der Waals surface area contributed by atoms with Crippen LogP contribution in [0.3, 0.4) is 0 Å². The Balaban J connectivity index is 1.54. The monoisotopic (exact) mass is 468 g/mol. The van der Waals surface area contributed by atoms with Crippen LogP contribution < -0.4 is 20.5 Å². The highest BCUT2D eigenvalue weighted by atomic mass is 16.5. The third-order valence-electron chi connectivity index (χ3n) is 6.46. The lowest BCUT2D eigenvalue weighted by molar-refractivity contribution is 0.291. The third-order valence-corrected chi connectivity index (χ3v) is 6.46. The number of H-pyrrole nitrogens is 1. The second-order valence-electron chi connectivity index (χ2n) is 9.52. The number of aromatic nitrogens is 2. The smallest absolute Gasteiger partial charge is 0.259 e. The highest BCUT2D eigenvalue weighted by Gasteiger charge is 2.16. The van der Waals surface area contributed by atoms with Gasteiger partial charge >= 0.3 is 0 Å². The van der Waals surface area contributed by atoms with Gasteiger partial charge < -0.3 is 19.9 Å². The van der Waals surface area contributed by atoms with Gasteiger partial charge in [0.05, 0.1) is 23.4 Å². The van der Waals surface area contributed by atoms with Crippen molar-refractivity contribution in [2.45, 2.75) is 33.1 Å². The van der Waals surface area contributed by atoms with Crippen molar-refractivity contribution in [3.05, 3.63) is 77.2 Å². The summed E-state index contributed by atoms with van der Waals surface area (Å²) in [5.41, 5.74) is 3.68. The first kappa shape index (κ1) is 23.0. The van der Waals surface area contributed by atoms with Crippen LogP contribution in [0.5, 0.6) is 5.75 Å². The van der Waals surface area contributed by atoms with Gasteiger partial charge in [-0.15, -0.1) is 0 Å². The molecule has 0 atom stereocenters. The molecule has 0 aliphatic carbocycles. The molecule has 6 nitrogen and oxygen atoms in total. The minimum Gasteiger partial charge on any atom is -0.491 e. The molecule has 1 aliphatic rings. The number of anilines is 3. The Morgan fingerprint density at radius 1 is 1.06 bits per heavy atom. The number of rotatable bonds is 8. The number of ether oxygens (including phenoxy) is 1. The van der Waals surface area contributed by atoms with E-state index in [2.05, 4.69) is 53.3 Å². The van der Waals surface area contributed by atoms with Gasteiger partial charge in [0.2, 0.25) is 0 Å². The summed E-state index contributed by atoms with van der Waals surface area (Å²) in [4.78, 5) is 23.0. The maximum absolute atomic E-state index is 12.8. The Hall–Kier alpha value is -3.80. The zero-order chi connectivity index (χ0) is 24.2. The second kappa shape index (κ2) is 10.2. The number of nitrogens with zero attached hydrogens (tertiary/aromatic N) is 2. The first-order valence-electron chi connectivity index (χ1n) is 12.4. The van der Waals surface area contributed by atoms with Gasteiger partial charge in [-0.3, -0.25) is 4.79 Å². The van der Waals surface area contributed by atoms with Crippen molar-refractivity contribution in [2.24, 2.45) is 5.92 Å². The molecule has 4 aromatic rings. The molecule has 1 fully saturated rings. The number of nitrogens with one attached hydrogen (secondary N) is 2. The Morgan fingerprint density at radius 2 is 1.89 bits per heavy atom. The maximum Gasteiger partial charge on any atom is 0.259 e. The molecule has 0 radical (unpaired) electrons. The molecule has 0 unspecified atom stereocenters. The number of aromatic amines is 1. The number of para-hydroxylation sites is 2. The van der Waals surface area contributed by atoms with Gasteiger partial charge in [-0.1, -0.05) is 38.1 Å². The predicted octanol–water partition coefficient (Wildman–Crippen LogP) is 6.36. The van der Waals surface area contributed by atoms with E-state index in [1.54, 1.807) is 6.20 Å². The van der Waals surface area contributed by atoms with Crippen LogP contribution in [0, 0.1) is 5.92 Å². The van der Waals surface area contributed by atoms with Gasteiger partial charge in [-0.25, -0.2) is 4.98 Å². The van der Waals surface area contributed by atoms with Crippen LogP contribution in [0.15, 0.2) is 71.7 Å². The first-order valence-corrected chi connectivity index (χ1v) is 12.4. The van der Waals surface area contributed by atoms with Crippen LogP contribution in [0.4, 0.5) is 17.2 Å². The zero-order valence-corrected chi connectivity index (χ0v) is 20.4. The van der Waals surface area contributed by atoms with E-state index in [9.17, 15) is 4.79 Å². The molecular formula is C29H32N4O2. The van der Waals surface area contributed by atoms with Crippen molar-refractivity contribution in [3.63, 3.8) is 0 Å². The van der Waals surface area contributed by atoms with Gasteiger partial charge in [0, 0.05) is 30.5 Å². The van der Waals surface area contributed by atoms with E-state index < -0.39 is 0 Å². The van der Waals surface area contributed by atoms with Gasteiger partial charge in [0.15, 0.2) is 0 Å². The minimum absolute atomic E-state index is 0.173. The van der Waals surface area contributed by atoms with E-state index in [0.29, 0.717) is 23.7 Å². The summed E-state index contributed by atoms with van der Waals surface area (Å²) in [6.45, 7) is 7.17. The third kappa shape index (κ3) is 5.16. The van der Waals surface area contributed by atoms with E-state index in [-0.39, 0.29) is 5.56 Å². The molecule has 5 rings (SSSR count). The quantitative estimate of drug-likeness (QED) is 0.315. The highest BCUT2D eigenvalue weighted by molar-refractivity contribution is 5.95. The van der Waals surface area contributed by atoms with E-state index >= 15 is 0 Å². The van der Waals surface area contributed by atoms with E-state index in [4.69, 9.17) is 9.72 Å². The Kier molecular flexibility index (Phi) is 6.70. The molecule has 180 valence electrons. The summed E-state index contributed by atoms with van der Waals surface area (Å²) in [5.74, 6) is 1.83. The molecule has 0 spiro atoms. The Bertz CT molecular complexity index is 1370. The summed E-state index contributed by atoms with van der Waals surface area (Å²) < 4.78 is 6.07. The topological polar surface area (TPSA) is 70.2 Å². The number of hydrogen-bond acceptors (Lipinski definition) is 5. The zero-order valence-electron chi connectivity index (χ0n) is 20.4. The van der Waals surface area contributed by atoms with Crippen LogP contribution in [-0.4, -0.2) is 29.7 Å². The average molecular weight is 469 g/mol. The predicted molar refractivity (Wildman–Crippen MR) is 144 cm³/mol. The van der Waals surface area contributed by atoms with Crippen molar-refractivity contribution < 1.29 is 4.74 Å². The first-order chi connectivity index (χ1) is 17.1. The minimum atomic E-state index is -0.173. The molecule has 2 N–H and O–H groups in total. The second-order valence-corrected chi connectivity index (χ2v) is 9.52. The molecule has 1 aliphatic heterocycles. The molecule has 0 bridgehead atoms. The van der Waals surface area contributed by atoms with Gasteiger partial charge in [0.25, 0.3) is 5.56 Å². The van der Waals surface area contributed by atoms with Crippen LogP contribution in [0.25, 0.3) is 22.0 Å². The summed E-state index contributed by atoms with van der Waals surface area (Å²) >= 11 is 0. The normalized spacial score (nSPS) is 13.5. The average Bonchev–Trinajstić information content (AvgIpc) is 3.40. The number of pyridine rings is 2. The number of hydrogen-bond donors (Lipinski definition) is 2. The molecule has 6 heteroatoms. The van der Waals surface area contributed by atoms with Crippen LogP contribution >= 0.6 is 0 Å². The van der Waals surface area contributed by atoms with Crippen molar-refractivity contribution in [1.82, 2.24) is 9.97 Å². The fraction of sp³-hybridized carbons (Fsp3) is 0.310. The van der Waals surface area contributed by atoms with E-state index in [1.165, 1.54) is 18.5 Å². The molecule has 1 saturated heterocycles. The lowest BCUT2D eigenvalue weighted by Crippen LogP contribution is -2.17. The summed E-state index contributed by atoms with van der Waals surface area (Å²) in [5, 5.41) is 4.78. The molecule has 2 aromatic carbocycles. The summed E-state index contributed by atoms with van der Waals surface area (Å²) in [7, 11) is 0. The van der Waals surface area contributed by atoms with Crippen molar-refractivity contribution in [3.8, 4) is 17.0 Å². The molecule has 35 heavy (non-hydrogen) atoms.